The molecule has 2 heterocycles. The predicted octanol–water partition coefficient (Wildman–Crippen LogP) is 4.10. The fourth-order valence-electron chi connectivity index (χ4n) is 3.43. The van der Waals surface area contributed by atoms with Crippen molar-refractivity contribution in [2.45, 2.75) is 19.9 Å². The Morgan fingerprint density at radius 3 is 2.44 bits per heavy atom. The highest BCUT2D eigenvalue weighted by molar-refractivity contribution is 7.80. The number of amides is 1. The number of hydrogen-bond acceptors (Lipinski definition) is 3. The van der Waals surface area contributed by atoms with Gasteiger partial charge in [0.25, 0.3) is 5.91 Å². The molecule has 136 valence electrons. The first kappa shape index (κ1) is 17.7. The van der Waals surface area contributed by atoms with E-state index in [0.717, 1.165) is 22.6 Å². The number of carbonyl (C=O) groups is 1. The van der Waals surface area contributed by atoms with Gasteiger partial charge in [-0.1, -0.05) is 41.9 Å². The summed E-state index contributed by atoms with van der Waals surface area (Å²) in [5.74, 6) is -0.160. The van der Waals surface area contributed by atoms with Gasteiger partial charge in [0, 0.05) is 11.3 Å². The zero-order chi connectivity index (χ0) is 19.1. The number of hydrogen-bond donors (Lipinski definition) is 1. The van der Waals surface area contributed by atoms with Crippen LogP contribution in [0.1, 0.15) is 23.0 Å². The van der Waals surface area contributed by atoms with Crippen LogP contribution < -0.4 is 10.2 Å². The van der Waals surface area contributed by atoms with Crippen molar-refractivity contribution in [3.8, 4) is 5.69 Å². The van der Waals surface area contributed by atoms with Gasteiger partial charge in [-0.25, -0.2) is 4.68 Å². The summed E-state index contributed by atoms with van der Waals surface area (Å²) in [6.07, 6.45) is 0. The Balaban J connectivity index is 1.75. The quantitative estimate of drug-likeness (QED) is 0.677. The molecule has 1 amide bonds. The number of nitrogens with one attached hydrogen (secondary N) is 1. The average Bonchev–Trinajstić information content (AvgIpc) is 3.11. The molecule has 0 aliphatic carbocycles. The van der Waals surface area contributed by atoms with Gasteiger partial charge in [0.1, 0.15) is 6.04 Å². The smallest absolute Gasteiger partial charge is 0.260 e. The van der Waals surface area contributed by atoms with E-state index in [2.05, 4.69) is 10.4 Å². The molecule has 3 aromatic rings. The number of aromatic nitrogens is 2. The molecule has 4 rings (SSSR count). The Morgan fingerprint density at radius 2 is 1.74 bits per heavy atom. The Kier molecular flexibility index (Phi) is 4.45. The number of rotatable bonds is 3. The number of aryl methyl sites for hydroxylation is 1. The largest absolute Gasteiger partial charge is 0.346 e. The van der Waals surface area contributed by atoms with E-state index in [1.54, 1.807) is 12.1 Å². The molecule has 1 aliphatic heterocycles. The third kappa shape index (κ3) is 2.91. The molecule has 1 N–H and O–H groups in total. The first-order valence-corrected chi connectivity index (χ1v) is 9.28. The molecular formula is C20H17ClN4OS. The Bertz CT molecular complexity index is 1050. The van der Waals surface area contributed by atoms with Gasteiger partial charge < -0.3 is 5.32 Å². The van der Waals surface area contributed by atoms with Crippen molar-refractivity contribution in [3.63, 3.8) is 0 Å². The molecule has 1 atom stereocenters. The van der Waals surface area contributed by atoms with Crippen molar-refractivity contribution < 1.29 is 4.79 Å². The molecule has 1 aliphatic rings. The Morgan fingerprint density at radius 1 is 1.07 bits per heavy atom. The molecule has 27 heavy (non-hydrogen) atoms. The van der Waals surface area contributed by atoms with Crippen molar-refractivity contribution in [2.75, 3.05) is 4.90 Å². The van der Waals surface area contributed by atoms with Crippen molar-refractivity contribution in [3.05, 3.63) is 76.6 Å². The van der Waals surface area contributed by atoms with E-state index >= 15 is 0 Å². The molecule has 5 nitrogen and oxygen atoms in total. The molecule has 1 fully saturated rings. The van der Waals surface area contributed by atoms with E-state index in [9.17, 15) is 4.79 Å². The van der Waals surface area contributed by atoms with E-state index in [1.807, 2.05) is 61.0 Å². The second kappa shape index (κ2) is 6.79. The van der Waals surface area contributed by atoms with Crippen LogP contribution >= 0.6 is 23.8 Å². The van der Waals surface area contributed by atoms with E-state index < -0.39 is 6.04 Å². The van der Waals surface area contributed by atoms with E-state index in [-0.39, 0.29) is 5.91 Å². The van der Waals surface area contributed by atoms with Gasteiger partial charge in [0.2, 0.25) is 0 Å². The van der Waals surface area contributed by atoms with Crippen LogP contribution in [0.5, 0.6) is 0 Å². The van der Waals surface area contributed by atoms with Crippen LogP contribution in [0.2, 0.25) is 5.02 Å². The fourth-order valence-corrected chi connectivity index (χ4v) is 3.96. The minimum absolute atomic E-state index is 0.160. The van der Waals surface area contributed by atoms with Gasteiger partial charge in [-0.2, -0.15) is 5.10 Å². The van der Waals surface area contributed by atoms with Gasteiger partial charge in [-0.05, 0) is 50.3 Å². The monoisotopic (exact) mass is 396 g/mol. The zero-order valence-electron chi connectivity index (χ0n) is 14.8. The lowest BCUT2D eigenvalue weighted by atomic mass is 10.0. The van der Waals surface area contributed by atoms with Gasteiger partial charge in [0.15, 0.2) is 5.11 Å². The molecular weight excluding hydrogens is 380 g/mol. The summed E-state index contributed by atoms with van der Waals surface area (Å²) in [4.78, 5) is 14.7. The SMILES string of the molecule is Cc1nn(-c2ccccc2)c(C)c1[C@@H]1NC(=S)N(c2ccccc2Cl)C1=O. The number of benzene rings is 2. The van der Waals surface area contributed by atoms with Crippen LogP contribution in [0.25, 0.3) is 5.69 Å². The molecule has 0 saturated carbocycles. The number of halogens is 1. The number of anilines is 1. The summed E-state index contributed by atoms with van der Waals surface area (Å²) >= 11 is 11.7. The molecule has 7 heteroatoms. The lowest BCUT2D eigenvalue weighted by molar-refractivity contribution is -0.118. The Labute approximate surface area is 167 Å². The third-order valence-corrected chi connectivity index (χ3v) is 5.29. The van der Waals surface area contributed by atoms with Crippen molar-refractivity contribution in [2.24, 2.45) is 0 Å². The first-order chi connectivity index (χ1) is 13.0. The Hall–Kier alpha value is -2.70. The van der Waals surface area contributed by atoms with E-state index in [0.29, 0.717) is 15.8 Å². The predicted molar refractivity (Wildman–Crippen MR) is 110 cm³/mol. The summed E-state index contributed by atoms with van der Waals surface area (Å²) < 4.78 is 1.85. The van der Waals surface area contributed by atoms with Crippen molar-refractivity contribution in [1.29, 1.82) is 0 Å². The maximum absolute atomic E-state index is 13.2. The second-order valence-electron chi connectivity index (χ2n) is 6.34. The molecule has 0 unspecified atom stereocenters. The number of para-hydroxylation sites is 2. The zero-order valence-corrected chi connectivity index (χ0v) is 16.4. The summed E-state index contributed by atoms with van der Waals surface area (Å²) in [5.41, 5.74) is 4.04. The molecule has 1 aromatic heterocycles. The van der Waals surface area contributed by atoms with Crippen LogP contribution in [-0.4, -0.2) is 20.8 Å². The molecule has 0 spiro atoms. The summed E-state index contributed by atoms with van der Waals surface area (Å²) in [6, 6.07) is 16.4. The van der Waals surface area contributed by atoms with Crippen molar-refractivity contribution in [1.82, 2.24) is 15.1 Å². The molecule has 2 aromatic carbocycles. The van der Waals surface area contributed by atoms with Crippen LogP contribution in [0.4, 0.5) is 5.69 Å². The third-order valence-electron chi connectivity index (χ3n) is 4.67. The first-order valence-electron chi connectivity index (χ1n) is 8.49. The lowest BCUT2D eigenvalue weighted by Crippen LogP contribution is -2.30. The molecule has 0 bridgehead atoms. The van der Waals surface area contributed by atoms with Gasteiger partial charge in [-0.3, -0.25) is 9.69 Å². The number of carbonyl (C=O) groups excluding carboxylic acids is 1. The van der Waals surface area contributed by atoms with Gasteiger partial charge in [0.05, 0.1) is 22.1 Å². The maximum Gasteiger partial charge on any atom is 0.260 e. The topological polar surface area (TPSA) is 50.2 Å². The maximum atomic E-state index is 13.2. The normalized spacial score (nSPS) is 16.7. The minimum Gasteiger partial charge on any atom is -0.346 e. The van der Waals surface area contributed by atoms with E-state index in [1.165, 1.54) is 4.90 Å². The lowest BCUT2D eigenvalue weighted by Gasteiger charge is -2.16. The highest BCUT2D eigenvalue weighted by atomic mass is 35.5. The summed E-state index contributed by atoms with van der Waals surface area (Å²) in [5, 5.41) is 8.59. The highest BCUT2D eigenvalue weighted by Gasteiger charge is 2.40. The number of nitrogens with zero attached hydrogens (tertiary/aromatic N) is 3. The highest BCUT2D eigenvalue weighted by Crippen LogP contribution is 2.34. The number of thiocarbonyl (C=S) groups is 1. The summed E-state index contributed by atoms with van der Waals surface area (Å²) in [6.45, 7) is 3.86. The molecule has 0 radical (unpaired) electrons. The van der Waals surface area contributed by atoms with Gasteiger partial charge in [-0.15, -0.1) is 0 Å². The summed E-state index contributed by atoms with van der Waals surface area (Å²) in [7, 11) is 0. The second-order valence-corrected chi connectivity index (χ2v) is 7.13. The minimum atomic E-state index is -0.591. The van der Waals surface area contributed by atoms with Crippen LogP contribution in [0.15, 0.2) is 54.6 Å². The van der Waals surface area contributed by atoms with Crippen molar-refractivity contribution >= 4 is 40.5 Å². The standard InChI is InChI=1S/C20H17ClN4OS/c1-12-17(13(2)25(23-12)14-8-4-3-5-9-14)18-19(26)24(20(27)22-18)16-11-7-6-10-15(16)21/h3-11,18H,1-2H3,(H,22,27)/t18-/m0/s1. The van der Waals surface area contributed by atoms with Crippen LogP contribution in [0.3, 0.4) is 0 Å². The van der Waals surface area contributed by atoms with Crippen LogP contribution in [0, 0.1) is 13.8 Å². The van der Waals surface area contributed by atoms with Gasteiger partial charge >= 0.3 is 0 Å². The van der Waals surface area contributed by atoms with E-state index in [4.69, 9.17) is 23.8 Å². The fraction of sp³-hybridized carbons (Fsp3) is 0.150. The molecule has 1 saturated heterocycles. The van der Waals surface area contributed by atoms with Crippen LogP contribution in [-0.2, 0) is 4.79 Å². The average molecular weight is 397 g/mol.